The maximum absolute atomic E-state index is 9.34. The number of nitrogens with one attached hydrogen (secondary N) is 1. The fraction of sp³-hybridized carbons (Fsp3) is 0.562. The van der Waals surface area contributed by atoms with Crippen LogP contribution < -0.4 is 10.2 Å². The van der Waals surface area contributed by atoms with Crippen LogP contribution >= 0.6 is 0 Å². The zero-order chi connectivity index (χ0) is 13.4. The summed E-state index contributed by atoms with van der Waals surface area (Å²) in [6.45, 7) is 7.72. The van der Waals surface area contributed by atoms with Gasteiger partial charge in [-0.25, -0.2) is 0 Å². The Balaban J connectivity index is 1.98. The van der Waals surface area contributed by atoms with Gasteiger partial charge in [-0.2, -0.15) is 5.26 Å². The van der Waals surface area contributed by atoms with Crippen LogP contribution in [0.4, 0.5) is 5.69 Å². The van der Waals surface area contributed by atoms with E-state index in [2.05, 4.69) is 36.2 Å². The van der Waals surface area contributed by atoms with E-state index in [-0.39, 0.29) is 0 Å². The molecule has 3 heteroatoms. The lowest BCUT2D eigenvalue weighted by atomic mass is 9.92. The molecular weight excluding hydrogens is 234 g/mol. The van der Waals surface area contributed by atoms with Gasteiger partial charge >= 0.3 is 0 Å². The highest BCUT2D eigenvalue weighted by Gasteiger charge is 2.43. The summed E-state index contributed by atoms with van der Waals surface area (Å²) < 4.78 is 0. The first-order valence-corrected chi connectivity index (χ1v) is 7.22. The van der Waals surface area contributed by atoms with Crippen molar-refractivity contribution < 1.29 is 0 Å². The minimum Gasteiger partial charge on any atom is -0.367 e. The Bertz CT molecular complexity index is 517. The quantitative estimate of drug-likeness (QED) is 0.881. The first-order chi connectivity index (χ1) is 9.24. The van der Waals surface area contributed by atoms with Crippen molar-refractivity contribution in [3.8, 4) is 6.07 Å². The predicted octanol–water partition coefficient (Wildman–Crippen LogP) is 2.30. The van der Waals surface area contributed by atoms with Crippen molar-refractivity contribution in [3.63, 3.8) is 0 Å². The molecule has 3 atom stereocenters. The van der Waals surface area contributed by atoms with Gasteiger partial charge in [0.15, 0.2) is 0 Å². The third-order valence-corrected chi connectivity index (χ3v) is 4.72. The number of nitrogens with zero attached hydrogens (tertiary/aromatic N) is 2. The van der Waals surface area contributed by atoms with Crippen LogP contribution in [-0.2, 0) is 0 Å². The first kappa shape index (κ1) is 12.5. The van der Waals surface area contributed by atoms with Gasteiger partial charge in [0, 0.05) is 25.7 Å². The van der Waals surface area contributed by atoms with Crippen LogP contribution in [0, 0.1) is 30.1 Å². The van der Waals surface area contributed by atoms with Gasteiger partial charge in [0.1, 0.15) is 6.07 Å². The maximum atomic E-state index is 9.34. The number of hydrogen-bond donors (Lipinski definition) is 1. The number of anilines is 1. The molecule has 3 rings (SSSR count). The Morgan fingerprint density at radius 3 is 3.00 bits per heavy atom. The van der Waals surface area contributed by atoms with Gasteiger partial charge in [-0.1, -0.05) is 13.0 Å². The molecule has 0 bridgehead atoms. The van der Waals surface area contributed by atoms with E-state index in [9.17, 15) is 5.26 Å². The number of rotatable bonds is 2. The second-order valence-corrected chi connectivity index (χ2v) is 5.84. The summed E-state index contributed by atoms with van der Waals surface area (Å²) in [4.78, 5) is 2.49. The molecule has 0 aliphatic carbocycles. The van der Waals surface area contributed by atoms with E-state index in [0.29, 0.717) is 6.04 Å². The largest absolute Gasteiger partial charge is 0.367 e. The standard InChI is InChI=1S/C16H21N3/c1-3-15-14-9-18-8-13(14)10-19(15)16-6-11(2)4-5-12(16)7-17/h4-6,13-15,18H,3,8-10H2,1-2H3. The molecule has 2 aliphatic rings. The Morgan fingerprint density at radius 2 is 2.26 bits per heavy atom. The average molecular weight is 255 g/mol. The van der Waals surface area contributed by atoms with Crippen molar-refractivity contribution in [3.05, 3.63) is 29.3 Å². The molecule has 2 fully saturated rings. The molecular formula is C16H21N3. The van der Waals surface area contributed by atoms with Crippen LogP contribution in [0.15, 0.2) is 18.2 Å². The molecule has 2 heterocycles. The normalized spacial score (nSPS) is 29.3. The second-order valence-electron chi connectivity index (χ2n) is 5.84. The number of aryl methyl sites for hydroxylation is 1. The molecule has 3 unspecified atom stereocenters. The van der Waals surface area contributed by atoms with Crippen LogP contribution in [-0.4, -0.2) is 25.7 Å². The summed E-state index contributed by atoms with van der Waals surface area (Å²) in [6, 6.07) is 9.10. The van der Waals surface area contributed by atoms with Gasteiger partial charge in [0.2, 0.25) is 0 Å². The zero-order valence-electron chi connectivity index (χ0n) is 11.7. The molecule has 0 radical (unpaired) electrons. The average Bonchev–Trinajstić information content (AvgIpc) is 2.98. The lowest BCUT2D eigenvalue weighted by Crippen LogP contribution is -2.35. The fourth-order valence-corrected chi connectivity index (χ4v) is 3.80. The van der Waals surface area contributed by atoms with Gasteiger partial charge in [0.25, 0.3) is 0 Å². The van der Waals surface area contributed by atoms with E-state index in [4.69, 9.17) is 0 Å². The molecule has 100 valence electrons. The van der Waals surface area contributed by atoms with E-state index in [1.54, 1.807) is 0 Å². The molecule has 3 nitrogen and oxygen atoms in total. The molecule has 1 aromatic rings. The fourth-order valence-electron chi connectivity index (χ4n) is 3.80. The van der Waals surface area contributed by atoms with E-state index in [1.807, 2.05) is 12.1 Å². The van der Waals surface area contributed by atoms with Crippen molar-refractivity contribution in [1.29, 1.82) is 5.26 Å². The second kappa shape index (κ2) is 4.86. The highest BCUT2D eigenvalue weighted by Crippen LogP contribution is 2.38. The predicted molar refractivity (Wildman–Crippen MR) is 77.2 cm³/mol. The molecule has 0 aromatic heterocycles. The summed E-state index contributed by atoms with van der Waals surface area (Å²) in [5.41, 5.74) is 3.19. The monoisotopic (exact) mass is 255 g/mol. The Kier molecular flexibility index (Phi) is 3.20. The van der Waals surface area contributed by atoms with E-state index in [1.165, 1.54) is 5.56 Å². The van der Waals surface area contributed by atoms with Crippen LogP contribution in [0.5, 0.6) is 0 Å². The molecule has 0 spiro atoms. The zero-order valence-corrected chi connectivity index (χ0v) is 11.7. The molecule has 0 amide bonds. The maximum Gasteiger partial charge on any atom is 0.101 e. The number of hydrogen-bond acceptors (Lipinski definition) is 3. The SMILES string of the molecule is CCC1C2CNCC2CN1c1cc(C)ccc1C#N. The Labute approximate surface area is 115 Å². The smallest absolute Gasteiger partial charge is 0.101 e. The lowest BCUT2D eigenvalue weighted by molar-refractivity contribution is 0.442. The number of nitriles is 1. The number of benzene rings is 1. The van der Waals surface area contributed by atoms with Gasteiger partial charge in [-0.3, -0.25) is 0 Å². The van der Waals surface area contributed by atoms with Gasteiger partial charge in [-0.05, 0) is 42.9 Å². The first-order valence-electron chi connectivity index (χ1n) is 7.22. The third kappa shape index (κ3) is 2.01. The molecule has 2 saturated heterocycles. The van der Waals surface area contributed by atoms with Crippen LogP contribution in [0.2, 0.25) is 0 Å². The summed E-state index contributed by atoms with van der Waals surface area (Å²) in [5, 5.41) is 12.9. The highest BCUT2D eigenvalue weighted by molar-refractivity contribution is 5.62. The summed E-state index contributed by atoms with van der Waals surface area (Å²) in [5.74, 6) is 1.49. The van der Waals surface area contributed by atoms with Crippen molar-refractivity contribution in [2.75, 3.05) is 24.5 Å². The molecule has 1 N–H and O–H groups in total. The third-order valence-electron chi connectivity index (χ3n) is 4.72. The molecule has 2 aliphatic heterocycles. The topological polar surface area (TPSA) is 39.1 Å². The van der Waals surface area contributed by atoms with Crippen molar-refractivity contribution in [2.24, 2.45) is 11.8 Å². The number of fused-ring (bicyclic) bond motifs is 1. The van der Waals surface area contributed by atoms with Crippen LogP contribution in [0.1, 0.15) is 24.5 Å². The van der Waals surface area contributed by atoms with Gasteiger partial charge in [0.05, 0.1) is 11.3 Å². The van der Waals surface area contributed by atoms with E-state index in [0.717, 1.165) is 49.1 Å². The molecule has 19 heavy (non-hydrogen) atoms. The summed E-state index contributed by atoms with van der Waals surface area (Å²) in [7, 11) is 0. The Hall–Kier alpha value is -1.53. The van der Waals surface area contributed by atoms with Crippen molar-refractivity contribution in [1.82, 2.24) is 5.32 Å². The molecule has 0 saturated carbocycles. The Morgan fingerprint density at radius 1 is 1.42 bits per heavy atom. The highest BCUT2D eigenvalue weighted by atomic mass is 15.2. The van der Waals surface area contributed by atoms with Crippen molar-refractivity contribution >= 4 is 5.69 Å². The summed E-state index contributed by atoms with van der Waals surface area (Å²) >= 11 is 0. The van der Waals surface area contributed by atoms with Crippen LogP contribution in [0.25, 0.3) is 0 Å². The van der Waals surface area contributed by atoms with Crippen molar-refractivity contribution in [2.45, 2.75) is 26.3 Å². The lowest BCUT2D eigenvalue weighted by Gasteiger charge is -2.30. The van der Waals surface area contributed by atoms with Gasteiger partial charge < -0.3 is 10.2 Å². The van der Waals surface area contributed by atoms with E-state index < -0.39 is 0 Å². The minimum atomic E-state index is 0.578. The summed E-state index contributed by atoms with van der Waals surface area (Å²) in [6.07, 6.45) is 1.15. The van der Waals surface area contributed by atoms with Crippen LogP contribution in [0.3, 0.4) is 0 Å². The van der Waals surface area contributed by atoms with Gasteiger partial charge in [-0.15, -0.1) is 0 Å². The van der Waals surface area contributed by atoms with E-state index >= 15 is 0 Å². The molecule has 1 aromatic carbocycles. The minimum absolute atomic E-state index is 0.578.